The summed E-state index contributed by atoms with van der Waals surface area (Å²) in [6.07, 6.45) is 1.57. The Bertz CT molecular complexity index is 1920. The van der Waals surface area contributed by atoms with Gasteiger partial charge in [-0.15, -0.1) is 0 Å². The number of esters is 1. The van der Waals surface area contributed by atoms with Crippen LogP contribution < -0.4 is 20.9 Å². The number of aromatic nitrogens is 2. The molecule has 0 spiro atoms. The summed E-state index contributed by atoms with van der Waals surface area (Å²) in [4.78, 5) is 58.3. The van der Waals surface area contributed by atoms with E-state index >= 15 is 0 Å². The third-order valence-corrected chi connectivity index (χ3v) is 6.51. The lowest BCUT2D eigenvalue weighted by atomic mass is 10.0. The summed E-state index contributed by atoms with van der Waals surface area (Å²) in [7, 11) is 1.22. The Morgan fingerprint density at radius 3 is 2.00 bits per heavy atom. The van der Waals surface area contributed by atoms with Gasteiger partial charge in [0.15, 0.2) is 6.04 Å². The molecule has 13 nitrogen and oxygen atoms in total. The minimum Gasteiger partial charge on any atom is -0.491 e. The topological polar surface area (TPSA) is 167 Å². The van der Waals surface area contributed by atoms with Crippen molar-refractivity contribution in [1.82, 2.24) is 26.1 Å². The van der Waals surface area contributed by atoms with Gasteiger partial charge in [0.05, 0.1) is 23.9 Å². The van der Waals surface area contributed by atoms with Gasteiger partial charge in [-0.3, -0.25) is 15.2 Å². The number of carbonyl (C=O) groups excluding carboxylic acids is 4. The molecule has 260 valence electrons. The normalized spacial score (nSPS) is 11.7. The first-order chi connectivity index (χ1) is 23.6. The lowest BCUT2D eigenvalue weighted by molar-refractivity contribution is -0.143. The molecule has 2 heterocycles. The van der Waals surface area contributed by atoms with Crippen molar-refractivity contribution in [2.75, 3.05) is 13.7 Å². The van der Waals surface area contributed by atoms with Crippen molar-refractivity contribution in [3.63, 3.8) is 0 Å². The summed E-state index contributed by atoms with van der Waals surface area (Å²) in [6.45, 7) is 10.1. The lowest BCUT2D eigenvalue weighted by Gasteiger charge is -2.22. The van der Waals surface area contributed by atoms with Gasteiger partial charge in [-0.2, -0.15) is 0 Å². The number of rotatable bonds is 7. The predicted molar refractivity (Wildman–Crippen MR) is 185 cm³/mol. The highest BCUT2D eigenvalue weighted by Gasteiger charge is 2.26. The zero-order valence-electron chi connectivity index (χ0n) is 28.9. The molecule has 2 aromatic carbocycles. The molecule has 0 aliphatic heterocycles. The van der Waals surface area contributed by atoms with E-state index in [-0.39, 0.29) is 12.2 Å². The van der Waals surface area contributed by atoms with E-state index in [2.05, 4.69) is 33.0 Å². The van der Waals surface area contributed by atoms with Crippen molar-refractivity contribution < 1.29 is 38.1 Å². The van der Waals surface area contributed by atoms with Crippen LogP contribution >= 0.6 is 0 Å². The van der Waals surface area contributed by atoms with Gasteiger partial charge in [0.2, 0.25) is 0 Å². The second kappa shape index (κ2) is 15.8. The summed E-state index contributed by atoms with van der Waals surface area (Å²) < 4.78 is 20.9. The lowest BCUT2D eigenvalue weighted by Crippen LogP contribution is -2.47. The van der Waals surface area contributed by atoms with Crippen LogP contribution in [0.5, 0.6) is 5.75 Å². The van der Waals surface area contributed by atoms with Crippen LogP contribution in [-0.4, -0.2) is 65.0 Å². The van der Waals surface area contributed by atoms with Gasteiger partial charge in [-0.05, 0) is 90.1 Å². The van der Waals surface area contributed by atoms with Crippen LogP contribution in [0.4, 0.5) is 9.59 Å². The Morgan fingerprint density at radius 2 is 1.40 bits per heavy atom. The molecule has 13 heteroatoms. The van der Waals surface area contributed by atoms with Crippen molar-refractivity contribution in [2.45, 2.75) is 58.8 Å². The Kier molecular flexibility index (Phi) is 11.6. The molecule has 0 radical (unpaired) electrons. The van der Waals surface area contributed by atoms with E-state index in [1.54, 1.807) is 84.1 Å². The van der Waals surface area contributed by atoms with Crippen LogP contribution in [0.2, 0.25) is 0 Å². The number of nitrogens with zero attached hydrogens (tertiary/aromatic N) is 2. The van der Waals surface area contributed by atoms with Gasteiger partial charge in [0, 0.05) is 34.5 Å². The number of nitrogens with one attached hydrogen (secondary N) is 3. The van der Waals surface area contributed by atoms with E-state index < -0.39 is 41.3 Å². The molecule has 2 aromatic heterocycles. The molecule has 0 aliphatic rings. The number of hydrazine groups is 1. The maximum absolute atomic E-state index is 13.1. The van der Waals surface area contributed by atoms with Crippen molar-refractivity contribution in [3.8, 4) is 28.8 Å². The van der Waals surface area contributed by atoms with E-state index in [9.17, 15) is 19.2 Å². The molecular weight excluding hydrogens is 642 g/mol. The number of pyridine rings is 2. The van der Waals surface area contributed by atoms with Crippen LogP contribution in [-0.2, 0) is 19.0 Å². The number of methoxy groups -OCH3 is 1. The van der Waals surface area contributed by atoms with Crippen molar-refractivity contribution in [2.24, 2.45) is 0 Å². The van der Waals surface area contributed by atoms with E-state index in [0.29, 0.717) is 22.3 Å². The third-order valence-electron chi connectivity index (χ3n) is 6.51. The predicted octanol–water partition coefficient (Wildman–Crippen LogP) is 5.31. The fourth-order valence-electron chi connectivity index (χ4n) is 4.33. The number of alkyl carbamates (subject to hydrolysis) is 1. The molecule has 50 heavy (non-hydrogen) atoms. The van der Waals surface area contributed by atoms with Gasteiger partial charge in [0.1, 0.15) is 23.6 Å². The van der Waals surface area contributed by atoms with E-state index in [0.717, 1.165) is 16.7 Å². The molecule has 0 aliphatic carbocycles. The number of benzene rings is 2. The van der Waals surface area contributed by atoms with Crippen LogP contribution in [0.15, 0.2) is 73.1 Å². The number of fused-ring (bicyclic) bond motifs is 1. The Hall–Kier alpha value is -6.16. The molecule has 1 atom stereocenters. The second-order valence-electron chi connectivity index (χ2n) is 12.9. The molecule has 4 rings (SSSR count). The molecule has 0 fully saturated rings. The highest BCUT2D eigenvalue weighted by Crippen LogP contribution is 2.25. The van der Waals surface area contributed by atoms with E-state index in [4.69, 9.17) is 23.9 Å². The molecule has 1 unspecified atom stereocenters. The van der Waals surface area contributed by atoms with Crippen molar-refractivity contribution in [3.05, 3.63) is 89.7 Å². The number of ether oxygens (including phenoxy) is 4. The SMILES string of the molecule is COC(=O)C(COc1ccc(C#Cc2ccc(-c3cc(C(=O)NNC(=O)OC(C)(C)C)c4cnccc4n3)cc2)cc1)NC(=O)OC(C)(C)C. The fraction of sp³-hybridized carbons (Fsp3) is 0.297. The van der Waals surface area contributed by atoms with Crippen LogP contribution in [0.3, 0.4) is 0 Å². The van der Waals surface area contributed by atoms with Gasteiger partial charge in [-0.1, -0.05) is 24.0 Å². The van der Waals surface area contributed by atoms with Gasteiger partial charge >= 0.3 is 18.2 Å². The van der Waals surface area contributed by atoms with Gasteiger partial charge in [-0.25, -0.2) is 24.8 Å². The Labute approximate surface area is 290 Å². The molecule has 0 saturated heterocycles. The first-order valence-electron chi connectivity index (χ1n) is 15.6. The fourth-order valence-corrected chi connectivity index (χ4v) is 4.33. The highest BCUT2D eigenvalue weighted by molar-refractivity contribution is 6.07. The summed E-state index contributed by atoms with van der Waals surface area (Å²) in [5.74, 6) is 5.45. The number of hydrogen-bond acceptors (Lipinski definition) is 10. The maximum atomic E-state index is 13.1. The standard InChI is InChI=1S/C37H39N5O8/c1-36(2,3)49-34(45)40-31(33(44)47-7)22-48-26-16-12-24(13-17-26)9-8-23-10-14-25(15-11-23)30-20-27(28-21-38-19-18-29(28)39-30)32(43)41-42-35(46)50-37(4,5)6/h10-21,31H,22H2,1-7H3,(H,40,45)(H,41,43)(H,42,46). The van der Waals surface area contributed by atoms with Gasteiger partial charge < -0.3 is 24.3 Å². The smallest absolute Gasteiger partial charge is 0.426 e. The zero-order valence-corrected chi connectivity index (χ0v) is 28.9. The summed E-state index contributed by atoms with van der Waals surface area (Å²) >= 11 is 0. The molecule has 3 amide bonds. The Balaban J connectivity index is 1.42. The quantitative estimate of drug-likeness (QED) is 0.101. The van der Waals surface area contributed by atoms with Crippen LogP contribution in [0, 0.1) is 11.8 Å². The third kappa shape index (κ3) is 10.9. The highest BCUT2D eigenvalue weighted by atomic mass is 16.6. The van der Waals surface area contributed by atoms with Crippen molar-refractivity contribution in [1.29, 1.82) is 0 Å². The largest absolute Gasteiger partial charge is 0.491 e. The molecule has 0 saturated carbocycles. The molecule has 3 N–H and O–H groups in total. The van der Waals surface area contributed by atoms with Gasteiger partial charge in [0.25, 0.3) is 5.91 Å². The number of carbonyl (C=O) groups is 4. The average Bonchev–Trinajstić information content (AvgIpc) is 3.06. The molecule has 0 bridgehead atoms. The minimum absolute atomic E-state index is 0.165. The van der Waals surface area contributed by atoms with Crippen molar-refractivity contribution >= 4 is 35.0 Å². The maximum Gasteiger partial charge on any atom is 0.426 e. The molecular formula is C37H39N5O8. The first kappa shape index (κ1) is 36.7. The average molecular weight is 682 g/mol. The minimum atomic E-state index is -1.07. The number of hydrogen-bond donors (Lipinski definition) is 3. The summed E-state index contributed by atoms with van der Waals surface area (Å²) in [5, 5.41) is 2.98. The van der Waals surface area contributed by atoms with E-state index in [1.807, 2.05) is 24.3 Å². The first-order valence-corrected chi connectivity index (χ1v) is 15.6. The number of amides is 3. The zero-order chi connectivity index (χ0) is 36.5. The van der Waals surface area contributed by atoms with Crippen LogP contribution in [0.1, 0.15) is 63.0 Å². The molecule has 4 aromatic rings. The van der Waals surface area contributed by atoms with E-state index in [1.165, 1.54) is 13.3 Å². The van der Waals surface area contributed by atoms with Crippen LogP contribution in [0.25, 0.3) is 22.2 Å². The second-order valence-corrected chi connectivity index (χ2v) is 12.9. The summed E-state index contributed by atoms with van der Waals surface area (Å²) in [5.41, 5.74) is 6.77. The Morgan fingerprint density at radius 1 is 0.800 bits per heavy atom. The monoisotopic (exact) mass is 681 g/mol. The summed E-state index contributed by atoms with van der Waals surface area (Å²) in [6, 6.07) is 16.6.